The molecule has 1 aliphatic rings. The smallest absolute Gasteiger partial charge is 0.213 e. The fraction of sp³-hybridized carbons (Fsp3) is 1.00. The molecule has 0 amide bonds. The lowest BCUT2D eigenvalue weighted by atomic mass is 10.3. The molecule has 11 heavy (non-hydrogen) atoms. The highest BCUT2D eigenvalue weighted by molar-refractivity contribution is 7.89. The molecule has 1 saturated heterocycles. The number of rotatable bonds is 1. The van der Waals surface area contributed by atoms with E-state index < -0.39 is 10.0 Å². The van der Waals surface area contributed by atoms with E-state index >= 15 is 0 Å². The molecule has 66 valence electrons. The lowest BCUT2D eigenvalue weighted by Gasteiger charge is -2.10. The molecule has 1 aliphatic heterocycles. The molecule has 0 aromatic carbocycles. The molecular weight excluding hydrogens is 168 g/mol. The summed E-state index contributed by atoms with van der Waals surface area (Å²) in [7, 11) is -3.15. The van der Waals surface area contributed by atoms with E-state index in [0.29, 0.717) is 13.1 Å². The van der Waals surface area contributed by atoms with E-state index in [-0.39, 0.29) is 18.4 Å². The fourth-order valence-corrected chi connectivity index (χ4v) is 2.14. The van der Waals surface area contributed by atoms with Crippen molar-refractivity contribution in [3.05, 3.63) is 0 Å². The van der Waals surface area contributed by atoms with Crippen LogP contribution in [0, 0.1) is 0 Å². The van der Waals surface area contributed by atoms with Crippen molar-refractivity contribution in [3.63, 3.8) is 0 Å². The summed E-state index contributed by atoms with van der Waals surface area (Å²) in [4.78, 5) is 0. The van der Waals surface area contributed by atoms with Crippen molar-refractivity contribution in [2.45, 2.75) is 6.04 Å². The van der Waals surface area contributed by atoms with Crippen LogP contribution in [0.1, 0.15) is 0 Å². The van der Waals surface area contributed by atoms with Crippen molar-refractivity contribution in [1.82, 2.24) is 10.0 Å². The molecule has 3 N–H and O–H groups in total. The van der Waals surface area contributed by atoms with Crippen LogP contribution in [-0.2, 0) is 10.0 Å². The van der Waals surface area contributed by atoms with Gasteiger partial charge in [0.05, 0.1) is 18.4 Å². The third-order valence-corrected chi connectivity index (χ3v) is 2.94. The lowest BCUT2D eigenvalue weighted by molar-refractivity contribution is 0.255. The van der Waals surface area contributed by atoms with Gasteiger partial charge in [0, 0.05) is 13.1 Å². The van der Waals surface area contributed by atoms with E-state index in [9.17, 15) is 8.42 Å². The molecule has 1 atom stereocenters. The Labute approximate surface area is 65.8 Å². The second-order valence-corrected chi connectivity index (χ2v) is 4.39. The number of hydrogen-bond acceptors (Lipinski definition) is 4. The summed E-state index contributed by atoms with van der Waals surface area (Å²) in [6.07, 6.45) is 0. The van der Waals surface area contributed by atoms with Crippen molar-refractivity contribution < 1.29 is 13.5 Å². The van der Waals surface area contributed by atoms with Gasteiger partial charge in [-0.2, -0.15) is 0 Å². The predicted octanol–water partition coefficient (Wildman–Crippen LogP) is -2.13. The van der Waals surface area contributed by atoms with E-state index in [1.165, 1.54) is 0 Å². The highest BCUT2D eigenvalue weighted by atomic mass is 32.2. The summed E-state index contributed by atoms with van der Waals surface area (Å²) in [6, 6.07) is -0.373. The quantitative estimate of drug-likeness (QED) is 0.431. The van der Waals surface area contributed by atoms with Gasteiger partial charge < -0.3 is 10.4 Å². The van der Waals surface area contributed by atoms with Crippen LogP contribution in [-0.4, -0.2) is 45.0 Å². The lowest BCUT2D eigenvalue weighted by Crippen LogP contribution is -2.40. The van der Waals surface area contributed by atoms with Crippen LogP contribution in [0.15, 0.2) is 0 Å². The Kier molecular flexibility index (Phi) is 2.83. The summed E-state index contributed by atoms with van der Waals surface area (Å²) in [6.45, 7) is 0.786. The molecule has 1 unspecified atom stereocenters. The average Bonchev–Trinajstić information content (AvgIpc) is 2.10. The second kappa shape index (κ2) is 3.48. The Morgan fingerprint density at radius 2 is 2.27 bits per heavy atom. The Bertz CT molecular complexity index is 214. The van der Waals surface area contributed by atoms with Crippen LogP contribution in [0.5, 0.6) is 0 Å². The molecule has 0 radical (unpaired) electrons. The number of hydrogen-bond donors (Lipinski definition) is 3. The molecule has 0 saturated carbocycles. The van der Waals surface area contributed by atoms with Gasteiger partial charge in [-0.3, -0.25) is 0 Å². The summed E-state index contributed by atoms with van der Waals surface area (Å²) in [5.41, 5.74) is 0. The predicted molar refractivity (Wildman–Crippen MR) is 40.7 cm³/mol. The zero-order valence-corrected chi connectivity index (χ0v) is 6.89. The summed E-state index contributed by atoms with van der Waals surface area (Å²) >= 11 is 0. The zero-order chi connectivity index (χ0) is 8.32. The molecule has 0 aliphatic carbocycles. The summed E-state index contributed by atoms with van der Waals surface area (Å²) in [5.74, 6) is 0.0868. The van der Waals surface area contributed by atoms with Crippen molar-refractivity contribution in [3.8, 4) is 0 Å². The Balaban J connectivity index is 2.61. The summed E-state index contributed by atoms with van der Waals surface area (Å²) in [5, 5.41) is 11.6. The van der Waals surface area contributed by atoms with Crippen molar-refractivity contribution in [2.24, 2.45) is 0 Å². The van der Waals surface area contributed by atoms with Crippen LogP contribution >= 0.6 is 0 Å². The van der Waals surface area contributed by atoms with E-state index in [2.05, 4.69) is 10.0 Å². The first kappa shape index (κ1) is 8.92. The summed E-state index contributed by atoms with van der Waals surface area (Å²) < 4.78 is 24.3. The van der Waals surface area contributed by atoms with E-state index in [4.69, 9.17) is 5.11 Å². The number of aliphatic hydroxyl groups is 1. The molecule has 6 heteroatoms. The molecule has 0 aromatic rings. The maximum Gasteiger partial charge on any atom is 0.213 e. The maximum atomic E-state index is 11.0. The first-order valence-electron chi connectivity index (χ1n) is 3.45. The SMILES string of the molecule is O=S1(=O)CCNCC(CO)N1. The van der Waals surface area contributed by atoms with Crippen molar-refractivity contribution >= 4 is 10.0 Å². The van der Waals surface area contributed by atoms with Gasteiger partial charge in [0.15, 0.2) is 0 Å². The molecule has 0 spiro atoms. The number of sulfonamides is 1. The first-order valence-corrected chi connectivity index (χ1v) is 5.11. The molecule has 1 fully saturated rings. The van der Waals surface area contributed by atoms with Crippen molar-refractivity contribution in [2.75, 3.05) is 25.4 Å². The van der Waals surface area contributed by atoms with Gasteiger partial charge in [0.2, 0.25) is 10.0 Å². The topological polar surface area (TPSA) is 78.4 Å². The Morgan fingerprint density at radius 1 is 1.55 bits per heavy atom. The molecule has 0 bridgehead atoms. The second-order valence-electron chi connectivity index (χ2n) is 2.52. The molecule has 1 heterocycles. The average molecular weight is 180 g/mol. The Morgan fingerprint density at radius 3 is 2.91 bits per heavy atom. The van der Waals surface area contributed by atoms with Crippen molar-refractivity contribution in [1.29, 1.82) is 0 Å². The monoisotopic (exact) mass is 180 g/mol. The van der Waals surface area contributed by atoms with Crippen LogP contribution in [0.25, 0.3) is 0 Å². The normalized spacial score (nSPS) is 31.2. The molecule has 5 nitrogen and oxygen atoms in total. The fourth-order valence-electron chi connectivity index (χ4n) is 0.939. The minimum atomic E-state index is -3.15. The third kappa shape index (κ3) is 2.74. The van der Waals surface area contributed by atoms with Crippen LogP contribution < -0.4 is 10.0 Å². The third-order valence-electron chi connectivity index (χ3n) is 1.50. The maximum absolute atomic E-state index is 11.0. The van der Waals surface area contributed by atoms with E-state index in [0.717, 1.165) is 0 Å². The van der Waals surface area contributed by atoms with Crippen LogP contribution in [0.3, 0.4) is 0 Å². The van der Waals surface area contributed by atoms with E-state index in [1.54, 1.807) is 0 Å². The van der Waals surface area contributed by atoms with Gasteiger partial charge in [-0.05, 0) is 0 Å². The molecule has 1 rings (SSSR count). The standard InChI is InChI=1S/C5H12N2O3S/c8-4-5-3-6-1-2-11(9,10)7-5/h5-8H,1-4H2. The number of aliphatic hydroxyl groups excluding tert-OH is 1. The van der Waals surface area contributed by atoms with Crippen LogP contribution in [0.4, 0.5) is 0 Å². The largest absolute Gasteiger partial charge is 0.395 e. The highest BCUT2D eigenvalue weighted by Gasteiger charge is 2.19. The first-order chi connectivity index (χ1) is 5.14. The highest BCUT2D eigenvalue weighted by Crippen LogP contribution is 1.92. The van der Waals surface area contributed by atoms with E-state index in [1.807, 2.05) is 0 Å². The Hall–Kier alpha value is -0.170. The van der Waals surface area contributed by atoms with Gasteiger partial charge >= 0.3 is 0 Å². The van der Waals surface area contributed by atoms with Gasteiger partial charge in [0.25, 0.3) is 0 Å². The van der Waals surface area contributed by atoms with Gasteiger partial charge in [-0.25, -0.2) is 13.1 Å². The van der Waals surface area contributed by atoms with Crippen LogP contribution in [0.2, 0.25) is 0 Å². The van der Waals surface area contributed by atoms with Gasteiger partial charge in [-0.15, -0.1) is 0 Å². The van der Waals surface area contributed by atoms with Gasteiger partial charge in [-0.1, -0.05) is 0 Å². The molecular formula is C5H12N2O3S. The zero-order valence-electron chi connectivity index (χ0n) is 6.08. The minimum absolute atomic E-state index is 0.0868. The van der Waals surface area contributed by atoms with Gasteiger partial charge in [0.1, 0.15) is 0 Å². The molecule has 0 aromatic heterocycles. The number of nitrogens with one attached hydrogen (secondary N) is 2. The minimum Gasteiger partial charge on any atom is -0.395 e.